The van der Waals surface area contributed by atoms with Crippen molar-refractivity contribution in [3.63, 3.8) is 0 Å². The van der Waals surface area contributed by atoms with E-state index < -0.39 is 0 Å². The molecule has 0 unspecified atom stereocenters. The van der Waals surface area contributed by atoms with Gasteiger partial charge in [-0.1, -0.05) is 37.6 Å². The monoisotopic (exact) mass is 376 g/mol. The zero-order valence-corrected chi connectivity index (χ0v) is 15.8. The summed E-state index contributed by atoms with van der Waals surface area (Å²) < 4.78 is 5.72. The highest BCUT2D eigenvalue weighted by Crippen LogP contribution is 2.18. The Bertz CT molecular complexity index is 750. The van der Waals surface area contributed by atoms with E-state index in [0.717, 1.165) is 17.9 Å². The summed E-state index contributed by atoms with van der Waals surface area (Å²) in [6.07, 6.45) is 0.992. The lowest BCUT2D eigenvalue weighted by molar-refractivity contribution is 0.0977. The van der Waals surface area contributed by atoms with Crippen molar-refractivity contribution < 1.29 is 9.53 Å². The maximum atomic E-state index is 12.1. The van der Waals surface area contributed by atoms with Gasteiger partial charge in [-0.2, -0.15) is 0 Å². The molecule has 132 valence electrons. The first-order valence-electron chi connectivity index (χ1n) is 8.05. The van der Waals surface area contributed by atoms with Gasteiger partial charge in [0.2, 0.25) is 0 Å². The Morgan fingerprint density at radius 3 is 2.68 bits per heavy atom. The summed E-state index contributed by atoms with van der Waals surface area (Å²) in [6.45, 7) is 4.97. The quantitative estimate of drug-likeness (QED) is 0.704. The molecule has 0 aliphatic rings. The van der Waals surface area contributed by atoms with Gasteiger partial charge < -0.3 is 10.1 Å². The number of anilines is 1. The number of carbonyl (C=O) groups is 1. The van der Waals surface area contributed by atoms with Gasteiger partial charge in [0.15, 0.2) is 5.11 Å². The van der Waals surface area contributed by atoms with Crippen LogP contribution in [0.15, 0.2) is 48.5 Å². The van der Waals surface area contributed by atoms with Gasteiger partial charge >= 0.3 is 0 Å². The fraction of sp³-hybridized carbons (Fsp3) is 0.263. The minimum atomic E-state index is -0.315. The number of thiocarbonyl (C=S) groups is 1. The average Bonchev–Trinajstić information content (AvgIpc) is 2.54. The lowest BCUT2D eigenvalue weighted by Gasteiger charge is -2.12. The molecule has 0 heterocycles. The van der Waals surface area contributed by atoms with Crippen LogP contribution in [-0.2, 0) is 0 Å². The van der Waals surface area contributed by atoms with Crippen molar-refractivity contribution >= 4 is 40.5 Å². The molecule has 6 heteroatoms. The molecule has 0 saturated heterocycles. The van der Waals surface area contributed by atoms with E-state index in [9.17, 15) is 4.79 Å². The molecule has 0 spiro atoms. The molecule has 0 fully saturated rings. The topological polar surface area (TPSA) is 50.4 Å². The SMILES string of the molecule is CC(C)CCOc1cccc(NC(=S)NC(=O)c2cccc(Cl)c2)c1. The Hall–Kier alpha value is -2.11. The third-order valence-corrected chi connectivity index (χ3v) is 3.81. The van der Waals surface area contributed by atoms with E-state index in [0.29, 0.717) is 23.1 Å². The number of hydrogen-bond donors (Lipinski definition) is 2. The number of hydrogen-bond acceptors (Lipinski definition) is 3. The number of rotatable bonds is 6. The Labute approximate surface area is 158 Å². The van der Waals surface area contributed by atoms with Crippen LogP contribution in [0.2, 0.25) is 5.02 Å². The van der Waals surface area contributed by atoms with Crippen molar-refractivity contribution in [1.82, 2.24) is 5.32 Å². The summed E-state index contributed by atoms with van der Waals surface area (Å²) in [6, 6.07) is 14.1. The molecule has 0 aliphatic heterocycles. The van der Waals surface area contributed by atoms with E-state index in [1.165, 1.54) is 0 Å². The second kappa shape index (κ2) is 9.39. The van der Waals surface area contributed by atoms with Crippen LogP contribution in [0.1, 0.15) is 30.6 Å². The predicted molar refractivity (Wildman–Crippen MR) is 107 cm³/mol. The molecule has 2 aromatic rings. The van der Waals surface area contributed by atoms with Crippen molar-refractivity contribution in [2.75, 3.05) is 11.9 Å². The van der Waals surface area contributed by atoms with Crippen LogP contribution in [0, 0.1) is 5.92 Å². The highest BCUT2D eigenvalue weighted by molar-refractivity contribution is 7.80. The Morgan fingerprint density at radius 2 is 1.96 bits per heavy atom. The van der Waals surface area contributed by atoms with Gasteiger partial charge in [0.1, 0.15) is 5.75 Å². The largest absolute Gasteiger partial charge is 0.494 e. The summed E-state index contributed by atoms with van der Waals surface area (Å²) >= 11 is 11.1. The van der Waals surface area contributed by atoms with Gasteiger partial charge in [0, 0.05) is 22.3 Å². The first kappa shape index (κ1) is 19.2. The average molecular weight is 377 g/mol. The Kier molecular flexibility index (Phi) is 7.22. The molecule has 0 bridgehead atoms. The van der Waals surface area contributed by atoms with Crippen molar-refractivity contribution in [2.24, 2.45) is 5.92 Å². The summed E-state index contributed by atoms with van der Waals surface area (Å²) in [4.78, 5) is 12.1. The fourth-order valence-corrected chi connectivity index (χ4v) is 2.44. The molecule has 2 rings (SSSR count). The third-order valence-electron chi connectivity index (χ3n) is 3.37. The fourth-order valence-electron chi connectivity index (χ4n) is 2.04. The minimum Gasteiger partial charge on any atom is -0.494 e. The normalized spacial score (nSPS) is 10.4. The Morgan fingerprint density at radius 1 is 1.20 bits per heavy atom. The molecular formula is C19H21ClN2O2S. The van der Waals surface area contributed by atoms with Gasteiger partial charge in [-0.15, -0.1) is 0 Å². The molecule has 2 aromatic carbocycles. The molecule has 1 amide bonds. The summed E-state index contributed by atoms with van der Waals surface area (Å²) in [7, 11) is 0. The predicted octanol–water partition coefficient (Wildman–Crippen LogP) is 4.89. The van der Waals surface area contributed by atoms with Crippen LogP contribution in [0.4, 0.5) is 5.69 Å². The van der Waals surface area contributed by atoms with Crippen molar-refractivity contribution in [3.8, 4) is 5.75 Å². The van der Waals surface area contributed by atoms with Crippen molar-refractivity contribution in [2.45, 2.75) is 20.3 Å². The zero-order valence-electron chi connectivity index (χ0n) is 14.2. The van der Waals surface area contributed by atoms with Crippen LogP contribution in [0.3, 0.4) is 0 Å². The molecule has 0 radical (unpaired) electrons. The highest BCUT2D eigenvalue weighted by atomic mass is 35.5. The van der Waals surface area contributed by atoms with Crippen LogP contribution < -0.4 is 15.4 Å². The van der Waals surface area contributed by atoms with Crippen LogP contribution in [-0.4, -0.2) is 17.6 Å². The molecular weight excluding hydrogens is 356 g/mol. The van der Waals surface area contributed by atoms with E-state index in [2.05, 4.69) is 24.5 Å². The van der Waals surface area contributed by atoms with E-state index in [-0.39, 0.29) is 11.0 Å². The van der Waals surface area contributed by atoms with Gasteiger partial charge in [-0.3, -0.25) is 10.1 Å². The number of amides is 1. The van der Waals surface area contributed by atoms with E-state index in [1.807, 2.05) is 24.3 Å². The van der Waals surface area contributed by atoms with Crippen molar-refractivity contribution in [1.29, 1.82) is 0 Å². The number of nitrogens with one attached hydrogen (secondary N) is 2. The molecule has 0 aromatic heterocycles. The van der Waals surface area contributed by atoms with Gasteiger partial charge in [0.25, 0.3) is 5.91 Å². The Balaban J connectivity index is 1.90. The second-order valence-electron chi connectivity index (χ2n) is 5.98. The highest BCUT2D eigenvalue weighted by Gasteiger charge is 2.08. The summed E-state index contributed by atoms with van der Waals surface area (Å²) in [5, 5.41) is 6.32. The minimum absolute atomic E-state index is 0.212. The third kappa shape index (κ3) is 6.72. The molecule has 4 nitrogen and oxygen atoms in total. The maximum absolute atomic E-state index is 12.1. The zero-order chi connectivity index (χ0) is 18.2. The molecule has 0 aliphatic carbocycles. The van der Waals surface area contributed by atoms with Gasteiger partial charge in [-0.25, -0.2) is 0 Å². The summed E-state index contributed by atoms with van der Waals surface area (Å²) in [5.74, 6) is 1.04. The molecule has 2 N–H and O–H groups in total. The van der Waals surface area contributed by atoms with Crippen LogP contribution >= 0.6 is 23.8 Å². The van der Waals surface area contributed by atoms with Gasteiger partial charge in [-0.05, 0) is 54.9 Å². The smallest absolute Gasteiger partial charge is 0.257 e. The lowest BCUT2D eigenvalue weighted by atomic mass is 10.1. The van der Waals surface area contributed by atoms with Crippen molar-refractivity contribution in [3.05, 3.63) is 59.1 Å². The first-order valence-corrected chi connectivity index (χ1v) is 8.83. The lowest BCUT2D eigenvalue weighted by Crippen LogP contribution is -2.34. The number of carbonyl (C=O) groups excluding carboxylic acids is 1. The number of benzene rings is 2. The van der Waals surface area contributed by atoms with E-state index in [1.54, 1.807) is 24.3 Å². The maximum Gasteiger partial charge on any atom is 0.257 e. The summed E-state index contributed by atoms with van der Waals surface area (Å²) in [5.41, 5.74) is 1.20. The number of halogens is 1. The van der Waals surface area contributed by atoms with E-state index >= 15 is 0 Å². The first-order chi connectivity index (χ1) is 11.9. The molecule has 25 heavy (non-hydrogen) atoms. The standard InChI is InChI=1S/C19H21ClN2O2S/c1-13(2)9-10-24-17-8-4-7-16(12-17)21-19(25)22-18(23)14-5-3-6-15(20)11-14/h3-8,11-13H,9-10H2,1-2H3,(H2,21,22,23,25). The van der Waals surface area contributed by atoms with E-state index in [4.69, 9.17) is 28.6 Å². The second-order valence-corrected chi connectivity index (χ2v) is 6.82. The molecule has 0 saturated carbocycles. The van der Waals surface area contributed by atoms with Crippen LogP contribution in [0.25, 0.3) is 0 Å². The molecule has 0 atom stereocenters. The van der Waals surface area contributed by atoms with Gasteiger partial charge in [0.05, 0.1) is 6.61 Å². The van der Waals surface area contributed by atoms with Crippen LogP contribution in [0.5, 0.6) is 5.75 Å². The number of ether oxygens (including phenoxy) is 1.